The van der Waals surface area contributed by atoms with Crippen molar-refractivity contribution in [2.24, 2.45) is 0 Å². The van der Waals surface area contributed by atoms with E-state index >= 15 is 0 Å². The predicted octanol–water partition coefficient (Wildman–Crippen LogP) is 2.00. The summed E-state index contributed by atoms with van der Waals surface area (Å²) >= 11 is 0. The molecule has 0 saturated heterocycles. The van der Waals surface area contributed by atoms with Gasteiger partial charge < -0.3 is 14.0 Å². The molecule has 4 heteroatoms. The number of nitrogens with zero attached hydrogens (tertiary/aromatic N) is 1. The minimum atomic E-state index is -0.304. The molecule has 0 spiro atoms. The molecule has 0 bridgehead atoms. The van der Waals surface area contributed by atoms with Crippen molar-refractivity contribution in [2.45, 2.75) is 32.8 Å². The van der Waals surface area contributed by atoms with E-state index in [1.165, 1.54) is 0 Å². The first kappa shape index (κ1) is 17.1. The summed E-state index contributed by atoms with van der Waals surface area (Å²) in [6.07, 6.45) is 2.09. The van der Waals surface area contributed by atoms with E-state index in [1.54, 1.807) is 14.0 Å². The smallest absolute Gasteiger partial charge is 0.333 e. The van der Waals surface area contributed by atoms with Crippen molar-refractivity contribution in [1.29, 1.82) is 0 Å². The lowest BCUT2D eigenvalue weighted by Crippen LogP contribution is -2.46. The van der Waals surface area contributed by atoms with E-state index in [2.05, 4.69) is 20.7 Å². The number of quaternary nitrogens is 1. The molecule has 0 saturated carbocycles. The average Bonchev–Trinajstić information content (AvgIpc) is 2.23. The molecule has 1 atom stereocenters. The molecule has 0 rings (SSSR count). The Bertz CT molecular complexity index is 274. The molecule has 0 aliphatic heterocycles. The Balaban J connectivity index is 3.98. The van der Waals surface area contributed by atoms with Gasteiger partial charge >= 0.3 is 5.97 Å². The topological polar surface area (TPSA) is 35.5 Å². The van der Waals surface area contributed by atoms with Crippen LogP contribution in [-0.4, -0.2) is 57.5 Å². The van der Waals surface area contributed by atoms with E-state index in [4.69, 9.17) is 9.47 Å². The second kappa shape index (κ2) is 8.27. The van der Waals surface area contributed by atoms with Gasteiger partial charge in [-0.1, -0.05) is 6.58 Å². The molecular formula is C14H28NO3+. The number of carbonyl (C=O) groups is 1. The fourth-order valence-electron chi connectivity index (χ4n) is 1.89. The zero-order valence-corrected chi connectivity index (χ0v) is 12.5. The Morgan fingerprint density at radius 3 is 2.44 bits per heavy atom. The molecule has 106 valence electrons. The highest BCUT2D eigenvalue weighted by atomic mass is 16.5. The van der Waals surface area contributed by atoms with E-state index in [0.717, 1.165) is 37.0 Å². The first-order valence-corrected chi connectivity index (χ1v) is 6.46. The van der Waals surface area contributed by atoms with E-state index in [-0.39, 0.29) is 12.1 Å². The normalized spacial score (nSPS) is 13.2. The molecule has 0 aliphatic carbocycles. The first-order valence-electron chi connectivity index (χ1n) is 6.46. The van der Waals surface area contributed by atoms with Gasteiger partial charge in [-0.15, -0.1) is 0 Å². The molecule has 0 aromatic heterocycles. The SMILES string of the molecule is C=C(C)C(=O)OC(C)C[N+](C)(C)CCCCOC. The van der Waals surface area contributed by atoms with Gasteiger partial charge in [0.2, 0.25) is 0 Å². The highest BCUT2D eigenvalue weighted by Crippen LogP contribution is 2.07. The highest BCUT2D eigenvalue weighted by Gasteiger charge is 2.21. The number of likely N-dealkylation sites (N-methyl/N-ethyl adjacent to an activating group) is 1. The second-order valence-corrected chi connectivity index (χ2v) is 5.54. The van der Waals surface area contributed by atoms with Crippen LogP contribution >= 0.6 is 0 Å². The van der Waals surface area contributed by atoms with Crippen molar-refractivity contribution in [1.82, 2.24) is 0 Å². The van der Waals surface area contributed by atoms with Gasteiger partial charge in [0.15, 0.2) is 0 Å². The number of hydrogen-bond acceptors (Lipinski definition) is 3. The summed E-state index contributed by atoms with van der Waals surface area (Å²) in [5.74, 6) is -0.304. The minimum Gasteiger partial charge on any atom is -0.453 e. The summed E-state index contributed by atoms with van der Waals surface area (Å²) in [6.45, 7) is 9.85. The Labute approximate surface area is 111 Å². The highest BCUT2D eigenvalue weighted by molar-refractivity contribution is 5.87. The largest absolute Gasteiger partial charge is 0.453 e. The molecule has 0 N–H and O–H groups in total. The summed E-state index contributed by atoms with van der Waals surface area (Å²) in [4.78, 5) is 11.4. The van der Waals surface area contributed by atoms with Gasteiger partial charge in [-0.3, -0.25) is 0 Å². The Morgan fingerprint density at radius 2 is 1.94 bits per heavy atom. The molecule has 18 heavy (non-hydrogen) atoms. The number of carbonyl (C=O) groups excluding carboxylic acids is 1. The molecule has 4 nitrogen and oxygen atoms in total. The summed E-state index contributed by atoms with van der Waals surface area (Å²) in [7, 11) is 6.02. The van der Waals surface area contributed by atoms with Gasteiger partial charge in [0, 0.05) is 19.3 Å². The van der Waals surface area contributed by atoms with Crippen molar-refractivity contribution in [3.63, 3.8) is 0 Å². The lowest BCUT2D eigenvalue weighted by atomic mass is 10.2. The first-order chi connectivity index (χ1) is 8.28. The molecule has 0 amide bonds. The van der Waals surface area contributed by atoms with Crippen molar-refractivity contribution < 1.29 is 18.8 Å². The molecular weight excluding hydrogens is 230 g/mol. The van der Waals surface area contributed by atoms with Crippen molar-refractivity contribution in [3.8, 4) is 0 Å². The van der Waals surface area contributed by atoms with Crippen LogP contribution in [0.1, 0.15) is 26.7 Å². The second-order valence-electron chi connectivity index (χ2n) is 5.54. The Kier molecular flexibility index (Phi) is 7.87. The molecule has 0 aromatic rings. The van der Waals surface area contributed by atoms with Crippen LogP contribution < -0.4 is 0 Å². The monoisotopic (exact) mass is 258 g/mol. The maximum absolute atomic E-state index is 11.4. The third kappa shape index (κ3) is 8.25. The van der Waals surface area contributed by atoms with Gasteiger partial charge in [0.1, 0.15) is 12.6 Å². The Morgan fingerprint density at radius 1 is 1.33 bits per heavy atom. The summed E-state index contributed by atoms with van der Waals surface area (Å²) in [5.41, 5.74) is 0.451. The predicted molar refractivity (Wildman–Crippen MR) is 73.3 cm³/mol. The average molecular weight is 258 g/mol. The van der Waals surface area contributed by atoms with Crippen LogP contribution in [0.4, 0.5) is 0 Å². The fourth-order valence-corrected chi connectivity index (χ4v) is 1.89. The van der Waals surface area contributed by atoms with E-state index in [9.17, 15) is 4.79 Å². The number of hydrogen-bond donors (Lipinski definition) is 0. The standard InChI is InChI=1S/C14H28NO3/c1-12(2)14(16)18-13(3)11-15(4,5)9-7-8-10-17-6/h13H,1,7-11H2,2-6H3/q+1. The number of rotatable bonds is 9. The van der Waals surface area contributed by atoms with Gasteiger partial charge in [-0.05, 0) is 26.7 Å². The molecule has 0 aromatic carbocycles. The van der Waals surface area contributed by atoms with Gasteiger partial charge in [0.25, 0.3) is 0 Å². The molecule has 0 fully saturated rings. The van der Waals surface area contributed by atoms with Gasteiger partial charge in [-0.2, -0.15) is 0 Å². The molecule has 0 radical (unpaired) electrons. The van der Waals surface area contributed by atoms with Crippen LogP contribution in [0.3, 0.4) is 0 Å². The summed E-state index contributed by atoms with van der Waals surface area (Å²) < 4.78 is 11.2. The fraction of sp³-hybridized carbons (Fsp3) is 0.786. The Hall–Kier alpha value is -0.870. The number of unbranched alkanes of at least 4 members (excludes halogenated alkanes) is 1. The lowest BCUT2D eigenvalue weighted by Gasteiger charge is -2.32. The van der Waals surface area contributed by atoms with Crippen LogP contribution in [-0.2, 0) is 14.3 Å². The lowest BCUT2D eigenvalue weighted by molar-refractivity contribution is -0.893. The maximum atomic E-state index is 11.4. The van der Waals surface area contributed by atoms with Crippen molar-refractivity contribution >= 4 is 5.97 Å². The van der Waals surface area contributed by atoms with Crippen molar-refractivity contribution in [2.75, 3.05) is 40.9 Å². The molecule has 0 aliphatic rings. The van der Waals surface area contributed by atoms with E-state index in [0.29, 0.717) is 5.57 Å². The number of esters is 1. The zero-order chi connectivity index (χ0) is 14.2. The number of ether oxygens (including phenoxy) is 2. The van der Waals surface area contributed by atoms with Crippen LogP contribution in [0.2, 0.25) is 0 Å². The van der Waals surface area contributed by atoms with Crippen LogP contribution in [0.15, 0.2) is 12.2 Å². The van der Waals surface area contributed by atoms with Gasteiger partial charge in [-0.25, -0.2) is 4.79 Å². The third-order valence-corrected chi connectivity index (χ3v) is 2.77. The summed E-state index contributed by atoms with van der Waals surface area (Å²) in [6, 6.07) is 0. The van der Waals surface area contributed by atoms with Crippen LogP contribution in [0, 0.1) is 0 Å². The van der Waals surface area contributed by atoms with Crippen LogP contribution in [0.5, 0.6) is 0 Å². The van der Waals surface area contributed by atoms with Gasteiger partial charge in [0.05, 0.1) is 20.6 Å². The minimum absolute atomic E-state index is 0.0911. The maximum Gasteiger partial charge on any atom is 0.333 e. The third-order valence-electron chi connectivity index (χ3n) is 2.77. The van der Waals surface area contributed by atoms with E-state index < -0.39 is 0 Å². The van der Waals surface area contributed by atoms with E-state index in [1.807, 2.05) is 6.92 Å². The zero-order valence-electron chi connectivity index (χ0n) is 12.5. The summed E-state index contributed by atoms with van der Waals surface area (Å²) in [5, 5.41) is 0. The number of methoxy groups -OCH3 is 1. The quantitative estimate of drug-likeness (QED) is 0.275. The molecule has 1 unspecified atom stereocenters. The van der Waals surface area contributed by atoms with Crippen LogP contribution in [0.25, 0.3) is 0 Å². The van der Waals surface area contributed by atoms with Crippen molar-refractivity contribution in [3.05, 3.63) is 12.2 Å². The molecule has 0 heterocycles.